The Morgan fingerprint density at radius 3 is 2.38 bits per heavy atom. The quantitative estimate of drug-likeness (QED) is 0.913. The van der Waals surface area contributed by atoms with Crippen LogP contribution >= 0.6 is 0 Å². The van der Waals surface area contributed by atoms with Crippen molar-refractivity contribution in [2.24, 2.45) is 0 Å². The summed E-state index contributed by atoms with van der Waals surface area (Å²) in [5.41, 5.74) is 1.96. The number of nitrogens with one attached hydrogen (secondary N) is 1. The van der Waals surface area contributed by atoms with E-state index in [4.69, 9.17) is 4.74 Å². The van der Waals surface area contributed by atoms with Crippen molar-refractivity contribution in [2.45, 2.75) is 38.5 Å². The van der Waals surface area contributed by atoms with Crippen molar-refractivity contribution in [2.75, 3.05) is 6.54 Å². The minimum Gasteiger partial charge on any atom is -0.445 e. The van der Waals surface area contributed by atoms with Crippen molar-refractivity contribution in [1.29, 1.82) is 0 Å². The maximum atomic E-state index is 12.3. The van der Waals surface area contributed by atoms with Crippen LogP contribution in [0.2, 0.25) is 0 Å². The van der Waals surface area contributed by atoms with E-state index in [1.54, 1.807) is 6.92 Å². The maximum absolute atomic E-state index is 12.3. The van der Waals surface area contributed by atoms with Crippen LogP contribution in [0.4, 0.5) is 4.79 Å². The summed E-state index contributed by atoms with van der Waals surface area (Å²) in [6.45, 7) is 2.50. The Morgan fingerprint density at radius 2 is 1.73 bits per heavy atom. The van der Waals surface area contributed by atoms with Crippen LogP contribution in [-0.4, -0.2) is 29.5 Å². The van der Waals surface area contributed by atoms with Gasteiger partial charge in [0.1, 0.15) is 6.61 Å². The third-order valence-corrected chi connectivity index (χ3v) is 4.69. The van der Waals surface area contributed by atoms with Crippen LogP contribution in [0.25, 0.3) is 0 Å². The molecule has 1 fully saturated rings. The van der Waals surface area contributed by atoms with Gasteiger partial charge >= 0.3 is 6.09 Å². The maximum Gasteiger partial charge on any atom is 0.407 e. The molecule has 2 atom stereocenters. The number of hydrogen-bond donors (Lipinski definition) is 1. The van der Waals surface area contributed by atoms with Crippen LogP contribution < -0.4 is 5.32 Å². The number of amides is 2. The topological polar surface area (TPSA) is 58.6 Å². The average molecular weight is 352 g/mol. The third kappa shape index (κ3) is 4.42. The van der Waals surface area contributed by atoms with Gasteiger partial charge in [-0.1, -0.05) is 60.7 Å². The minimum absolute atomic E-state index is 0.0167. The number of likely N-dealkylation sites (tertiary alicyclic amines) is 1. The van der Waals surface area contributed by atoms with Crippen molar-refractivity contribution < 1.29 is 14.3 Å². The molecule has 1 N–H and O–H groups in total. The Labute approximate surface area is 154 Å². The lowest BCUT2D eigenvalue weighted by atomic mass is 9.90. The molecule has 5 heteroatoms. The molecule has 0 saturated carbocycles. The first kappa shape index (κ1) is 18.0. The van der Waals surface area contributed by atoms with Gasteiger partial charge < -0.3 is 15.0 Å². The van der Waals surface area contributed by atoms with Crippen LogP contribution in [0.15, 0.2) is 60.7 Å². The van der Waals surface area contributed by atoms with E-state index >= 15 is 0 Å². The first-order chi connectivity index (χ1) is 12.6. The Hall–Kier alpha value is -2.82. The predicted molar refractivity (Wildman–Crippen MR) is 99.4 cm³/mol. The molecular weight excluding hydrogens is 328 g/mol. The van der Waals surface area contributed by atoms with Crippen molar-refractivity contribution in [3.05, 3.63) is 71.8 Å². The van der Waals surface area contributed by atoms with Crippen LogP contribution in [0.1, 0.15) is 36.9 Å². The van der Waals surface area contributed by atoms with Crippen LogP contribution in [0.3, 0.4) is 0 Å². The van der Waals surface area contributed by atoms with E-state index in [1.807, 2.05) is 65.6 Å². The molecule has 1 aliphatic rings. The molecule has 2 aromatic rings. The molecule has 2 aromatic carbocycles. The lowest BCUT2D eigenvalue weighted by Crippen LogP contribution is -2.51. The van der Waals surface area contributed by atoms with Gasteiger partial charge in [0.25, 0.3) is 0 Å². The molecule has 0 unspecified atom stereocenters. The van der Waals surface area contributed by atoms with E-state index in [9.17, 15) is 9.59 Å². The fraction of sp³-hybridized carbons (Fsp3) is 0.333. The van der Waals surface area contributed by atoms with Gasteiger partial charge in [0.15, 0.2) is 0 Å². The SMILES string of the molecule is CC(=O)N1CCC[C@H](NC(=O)OCc2ccccc2)[C@@H]1c1ccccc1. The number of hydrogen-bond acceptors (Lipinski definition) is 3. The van der Waals surface area contributed by atoms with E-state index in [2.05, 4.69) is 5.32 Å². The zero-order chi connectivity index (χ0) is 18.4. The fourth-order valence-corrected chi connectivity index (χ4v) is 3.48. The molecule has 1 saturated heterocycles. The zero-order valence-corrected chi connectivity index (χ0v) is 14.9. The van der Waals surface area contributed by atoms with E-state index in [1.165, 1.54) is 0 Å². The lowest BCUT2D eigenvalue weighted by molar-refractivity contribution is -0.133. The number of alkyl carbamates (subject to hydrolysis) is 1. The van der Waals surface area contributed by atoms with Gasteiger partial charge in [0.2, 0.25) is 5.91 Å². The Balaban J connectivity index is 1.69. The largest absolute Gasteiger partial charge is 0.445 e. The second kappa shape index (κ2) is 8.52. The second-order valence-electron chi connectivity index (χ2n) is 6.52. The van der Waals surface area contributed by atoms with Gasteiger partial charge in [-0.3, -0.25) is 4.79 Å². The number of carbonyl (C=O) groups is 2. The Morgan fingerprint density at radius 1 is 1.08 bits per heavy atom. The highest BCUT2D eigenvalue weighted by Gasteiger charge is 2.35. The van der Waals surface area contributed by atoms with Gasteiger partial charge in [-0.05, 0) is 24.0 Å². The summed E-state index contributed by atoms with van der Waals surface area (Å²) < 4.78 is 5.36. The van der Waals surface area contributed by atoms with Gasteiger partial charge in [-0.25, -0.2) is 4.79 Å². The third-order valence-electron chi connectivity index (χ3n) is 4.69. The molecule has 3 rings (SSSR count). The molecule has 1 heterocycles. The molecule has 1 aliphatic heterocycles. The molecule has 0 aliphatic carbocycles. The molecule has 5 nitrogen and oxygen atoms in total. The van der Waals surface area contributed by atoms with Crippen molar-refractivity contribution >= 4 is 12.0 Å². The minimum atomic E-state index is -0.454. The van der Waals surface area contributed by atoms with E-state index < -0.39 is 6.09 Å². The number of rotatable bonds is 4. The fourth-order valence-electron chi connectivity index (χ4n) is 3.48. The number of piperidine rings is 1. The Bertz CT molecular complexity index is 733. The molecular formula is C21H24N2O3. The summed E-state index contributed by atoms with van der Waals surface area (Å²) in [4.78, 5) is 26.2. The molecule has 0 bridgehead atoms. The predicted octanol–water partition coefficient (Wildman–Crippen LogP) is 3.67. The van der Waals surface area contributed by atoms with Crippen LogP contribution in [0.5, 0.6) is 0 Å². The standard InChI is InChI=1S/C21H24N2O3/c1-16(24)23-14-8-13-19(20(23)18-11-6-3-7-12-18)22-21(25)26-15-17-9-4-2-5-10-17/h2-7,9-12,19-20H,8,13-15H2,1H3,(H,22,25)/t19-,20-/m0/s1. The first-order valence-corrected chi connectivity index (χ1v) is 8.94. The summed E-state index contributed by atoms with van der Waals surface area (Å²) >= 11 is 0. The van der Waals surface area contributed by atoms with Crippen molar-refractivity contribution in [1.82, 2.24) is 10.2 Å². The van der Waals surface area contributed by atoms with Crippen LogP contribution in [0, 0.1) is 0 Å². The summed E-state index contributed by atoms with van der Waals surface area (Å²) in [6, 6.07) is 19.1. The zero-order valence-electron chi connectivity index (χ0n) is 14.9. The smallest absolute Gasteiger partial charge is 0.407 e. The van der Waals surface area contributed by atoms with Crippen LogP contribution in [-0.2, 0) is 16.1 Å². The van der Waals surface area contributed by atoms with Gasteiger partial charge in [0.05, 0.1) is 12.1 Å². The molecule has 2 amide bonds. The highest BCUT2D eigenvalue weighted by Crippen LogP contribution is 2.31. The highest BCUT2D eigenvalue weighted by atomic mass is 16.5. The van der Waals surface area contributed by atoms with Gasteiger partial charge in [-0.15, -0.1) is 0 Å². The summed E-state index contributed by atoms with van der Waals surface area (Å²) in [7, 11) is 0. The summed E-state index contributed by atoms with van der Waals surface area (Å²) in [5, 5.41) is 2.97. The molecule has 136 valence electrons. The summed E-state index contributed by atoms with van der Waals surface area (Å²) in [6.07, 6.45) is 1.21. The molecule has 0 radical (unpaired) electrons. The Kier molecular flexibility index (Phi) is 5.89. The number of carbonyl (C=O) groups excluding carboxylic acids is 2. The molecule has 0 spiro atoms. The molecule has 26 heavy (non-hydrogen) atoms. The monoisotopic (exact) mass is 352 g/mol. The number of benzene rings is 2. The second-order valence-corrected chi connectivity index (χ2v) is 6.52. The van der Waals surface area contributed by atoms with E-state index in [0.717, 1.165) is 24.0 Å². The number of nitrogens with zero attached hydrogens (tertiary/aromatic N) is 1. The molecule has 0 aromatic heterocycles. The van der Waals surface area contributed by atoms with E-state index in [0.29, 0.717) is 6.54 Å². The lowest BCUT2D eigenvalue weighted by Gasteiger charge is -2.41. The van der Waals surface area contributed by atoms with Gasteiger partial charge in [-0.2, -0.15) is 0 Å². The van der Waals surface area contributed by atoms with Gasteiger partial charge in [0, 0.05) is 13.5 Å². The number of ether oxygens (including phenoxy) is 1. The van der Waals surface area contributed by atoms with E-state index in [-0.39, 0.29) is 24.6 Å². The summed E-state index contributed by atoms with van der Waals surface area (Å²) in [5.74, 6) is 0.0167. The highest BCUT2D eigenvalue weighted by molar-refractivity contribution is 5.74. The average Bonchev–Trinajstić information content (AvgIpc) is 2.67. The normalized spacial score (nSPS) is 19.7. The van der Waals surface area contributed by atoms with Crippen molar-refractivity contribution in [3.63, 3.8) is 0 Å². The first-order valence-electron chi connectivity index (χ1n) is 8.94. The van der Waals surface area contributed by atoms with Crippen molar-refractivity contribution in [3.8, 4) is 0 Å².